The van der Waals surface area contributed by atoms with Gasteiger partial charge in [-0.2, -0.15) is 0 Å². The van der Waals surface area contributed by atoms with E-state index in [0.717, 1.165) is 19.5 Å². The van der Waals surface area contributed by atoms with Gasteiger partial charge >= 0.3 is 0 Å². The van der Waals surface area contributed by atoms with Crippen molar-refractivity contribution < 1.29 is 4.79 Å². The molecule has 0 bridgehead atoms. The Morgan fingerprint density at radius 3 is 2.79 bits per heavy atom. The van der Waals surface area contributed by atoms with Crippen molar-refractivity contribution in [3.63, 3.8) is 0 Å². The van der Waals surface area contributed by atoms with Crippen LogP contribution in [0.4, 0.5) is 0 Å². The Kier molecular flexibility index (Phi) is 2.52. The lowest BCUT2D eigenvalue weighted by atomic mass is 10.0. The van der Waals surface area contributed by atoms with Gasteiger partial charge in [0, 0.05) is 6.54 Å². The third-order valence-corrected chi connectivity index (χ3v) is 3.61. The average Bonchev–Trinajstić information content (AvgIpc) is 2.72. The predicted molar refractivity (Wildman–Crippen MR) is 55.9 cm³/mol. The average molecular weight is 196 g/mol. The summed E-state index contributed by atoms with van der Waals surface area (Å²) in [5, 5.41) is 6.31. The van der Waals surface area contributed by atoms with E-state index >= 15 is 0 Å². The van der Waals surface area contributed by atoms with Crippen LogP contribution in [-0.2, 0) is 4.79 Å². The molecule has 14 heavy (non-hydrogen) atoms. The first-order chi connectivity index (χ1) is 6.61. The van der Waals surface area contributed by atoms with Crippen LogP contribution in [-0.4, -0.2) is 25.0 Å². The first-order valence-electron chi connectivity index (χ1n) is 5.62. The monoisotopic (exact) mass is 196 g/mol. The fourth-order valence-corrected chi connectivity index (χ4v) is 1.99. The Labute approximate surface area is 85.6 Å². The molecule has 1 aliphatic carbocycles. The van der Waals surface area contributed by atoms with E-state index in [0.29, 0.717) is 11.3 Å². The fourth-order valence-electron chi connectivity index (χ4n) is 1.99. The minimum Gasteiger partial charge on any atom is -0.354 e. The Bertz CT molecular complexity index is 235. The summed E-state index contributed by atoms with van der Waals surface area (Å²) in [5.41, 5.74) is 0.414. The quantitative estimate of drug-likeness (QED) is 0.704. The highest BCUT2D eigenvalue weighted by molar-refractivity contribution is 5.82. The van der Waals surface area contributed by atoms with E-state index in [4.69, 9.17) is 0 Å². The number of hydrogen-bond acceptors (Lipinski definition) is 2. The van der Waals surface area contributed by atoms with E-state index < -0.39 is 0 Å². The van der Waals surface area contributed by atoms with Crippen molar-refractivity contribution in [2.24, 2.45) is 11.3 Å². The number of rotatable bonds is 3. The van der Waals surface area contributed by atoms with Gasteiger partial charge in [0.15, 0.2) is 0 Å². The first-order valence-corrected chi connectivity index (χ1v) is 5.62. The van der Waals surface area contributed by atoms with Crippen molar-refractivity contribution in [3.05, 3.63) is 0 Å². The molecular weight excluding hydrogens is 176 g/mol. The molecule has 3 heteroatoms. The molecular formula is C11H20N2O. The van der Waals surface area contributed by atoms with E-state index in [1.165, 1.54) is 12.8 Å². The molecule has 2 N–H and O–H groups in total. The summed E-state index contributed by atoms with van der Waals surface area (Å²) >= 11 is 0. The minimum absolute atomic E-state index is 0.0531. The van der Waals surface area contributed by atoms with Crippen LogP contribution in [0.2, 0.25) is 0 Å². The number of amides is 1. The van der Waals surface area contributed by atoms with Crippen molar-refractivity contribution >= 4 is 5.91 Å². The molecule has 80 valence electrons. The largest absolute Gasteiger partial charge is 0.354 e. The number of carbonyl (C=O) groups excluding carboxylic acids is 1. The van der Waals surface area contributed by atoms with Crippen molar-refractivity contribution in [1.82, 2.24) is 10.6 Å². The van der Waals surface area contributed by atoms with E-state index in [-0.39, 0.29) is 11.9 Å². The summed E-state index contributed by atoms with van der Waals surface area (Å²) in [5.74, 6) is 0.685. The van der Waals surface area contributed by atoms with Crippen molar-refractivity contribution in [3.8, 4) is 0 Å². The molecule has 2 aliphatic rings. The molecule has 0 spiro atoms. The molecule has 1 saturated heterocycles. The van der Waals surface area contributed by atoms with Gasteiger partial charge in [-0.1, -0.05) is 13.8 Å². The molecule has 0 radical (unpaired) electrons. The highest BCUT2D eigenvalue weighted by Crippen LogP contribution is 2.44. The summed E-state index contributed by atoms with van der Waals surface area (Å²) in [6.45, 7) is 6.22. The zero-order valence-corrected chi connectivity index (χ0v) is 9.10. The Morgan fingerprint density at radius 2 is 2.29 bits per heavy atom. The molecule has 0 aromatic rings. The smallest absolute Gasteiger partial charge is 0.237 e. The van der Waals surface area contributed by atoms with E-state index in [9.17, 15) is 4.79 Å². The van der Waals surface area contributed by atoms with Crippen LogP contribution < -0.4 is 10.6 Å². The lowest BCUT2D eigenvalue weighted by molar-refractivity contribution is -0.123. The number of carbonyl (C=O) groups is 1. The van der Waals surface area contributed by atoms with E-state index in [2.05, 4.69) is 24.5 Å². The van der Waals surface area contributed by atoms with E-state index in [1.54, 1.807) is 0 Å². The van der Waals surface area contributed by atoms with Crippen molar-refractivity contribution in [2.45, 2.75) is 39.2 Å². The van der Waals surface area contributed by atoms with E-state index in [1.807, 2.05) is 0 Å². The number of hydrogen-bond donors (Lipinski definition) is 2. The molecule has 1 aliphatic heterocycles. The van der Waals surface area contributed by atoms with Crippen LogP contribution in [0.15, 0.2) is 0 Å². The van der Waals surface area contributed by atoms with Gasteiger partial charge in [0.1, 0.15) is 0 Å². The maximum Gasteiger partial charge on any atom is 0.237 e. The van der Waals surface area contributed by atoms with Gasteiger partial charge in [-0.05, 0) is 37.1 Å². The third-order valence-electron chi connectivity index (χ3n) is 3.61. The Hall–Kier alpha value is -0.570. The Balaban J connectivity index is 1.77. The SMILES string of the molecule is CC1CCNC1C(=O)NCC1(C)CC1. The van der Waals surface area contributed by atoms with Gasteiger partial charge in [-0.15, -0.1) is 0 Å². The second-order valence-corrected chi connectivity index (χ2v) is 5.23. The van der Waals surface area contributed by atoms with Gasteiger partial charge in [0.25, 0.3) is 0 Å². The highest BCUT2D eigenvalue weighted by atomic mass is 16.2. The standard InChI is InChI=1S/C11H20N2O/c1-8-3-6-12-9(8)10(14)13-7-11(2)4-5-11/h8-9,12H,3-7H2,1-2H3,(H,13,14). The molecule has 1 saturated carbocycles. The lowest BCUT2D eigenvalue weighted by Gasteiger charge is -2.17. The van der Waals surface area contributed by atoms with Gasteiger partial charge < -0.3 is 10.6 Å². The summed E-state index contributed by atoms with van der Waals surface area (Å²) in [6.07, 6.45) is 3.65. The van der Waals surface area contributed by atoms with Gasteiger partial charge in [0.05, 0.1) is 6.04 Å². The normalized spacial score (nSPS) is 34.1. The molecule has 2 atom stereocenters. The predicted octanol–water partition coefficient (Wildman–Crippen LogP) is 0.901. The maximum atomic E-state index is 11.8. The molecule has 0 aromatic heterocycles. The van der Waals surface area contributed by atoms with Crippen molar-refractivity contribution in [1.29, 1.82) is 0 Å². The second-order valence-electron chi connectivity index (χ2n) is 5.23. The number of nitrogens with one attached hydrogen (secondary N) is 2. The summed E-state index contributed by atoms with van der Waals surface area (Å²) in [7, 11) is 0. The lowest BCUT2D eigenvalue weighted by Crippen LogP contribution is -2.44. The summed E-state index contributed by atoms with van der Waals surface area (Å²) < 4.78 is 0. The fraction of sp³-hybridized carbons (Fsp3) is 0.909. The van der Waals surface area contributed by atoms with Crippen LogP contribution in [0.3, 0.4) is 0 Å². The first kappa shape index (κ1) is 9.97. The highest BCUT2D eigenvalue weighted by Gasteiger charge is 2.38. The second kappa shape index (κ2) is 3.54. The molecule has 2 fully saturated rings. The van der Waals surface area contributed by atoms with Gasteiger partial charge in [-0.3, -0.25) is 4.79 Å². The zero-order chi connectivity index (χ0) is 10.2. The topological polar surface area (TPSA) is 41.1 Å². The van der Waals surface area contributed by atoms with Crippen LogP contribution in [0.1, 0.15) is 33.1 Å². The molecule has 2 rings (SSSR count). The summed E-state index contributed by atoms with van der Waals surface area (Å²) in [6, 6.07) is 0.0531. The van der Waals surface area contributed by atoms with Crippen LogP contribution in [0.25, 0.3) is 0 Å². The molecule has 1 heterocycles. The van der Waals surface area contributed by atoms with Gasteiger partial charge in [-0.25, -0.2) is 0 Å². The Morgan fingerprint density at radius 1 is 1.57 bits per heavy atom. The summed E-state index contributed by atoms with van der Waals surface area (Å²) in [4.78, 5) is 11.8. The minimum atomic E-state index is 0.0531. The maximum absolute atomic E-state index is 11.8. The molecule has 1 amide bonds. The van der Waals surface area contributed by atoms with Crippen LogP contribution in [0, 0.1) is 11.3 Å². The van der Waals surface area contributed by atoms with Crippen LogP contribution in [0.5, 0.6) is 0 Å². The molecule has 3 nitrogen and oxygen atoms in total. The molecule has 2 unspecified atom stereocenters. The third kappa shape index (κ3) is 2.08. The van der Waals surface area contributed by atoms with Crippen molar-refractivity contribution in [2.75, 3.05) is 13.1 Å². The van der Waals surface area contributed by atoms with Crippen LogP contribution >= 0.6 is 0 Å². The van der Waals surface area contributed by atoms with Gasteiger partial charge in [0.2, 0.25) is 5.91 Å². The zero-order valence-electron chi connectivity index (χ0n) is 9.10. The molecule has 0 aromatic carbocycles.